The number of anilines is 2. The number of aromatic nitrogens is 2. The van der Waals surface area contributed by atoms with Crippen LogP contribution < -0.4 is 16.0 Å². The van der Waals surface area contributed by atoms with Crippen molar-refractivity contribution in [3.8, 4) is 0 Å². The monoisotopic (exact) mass is 399 g/mol. The number of imidazole rings is 1. The van der Waals surface area contributed by atoms with E-state index in [1.54, 1.807) is 42.7 Å². The third-order valence-electron chi connectivity index (χ3n) is 4.59. The van der Waals surface area contributed by atoms with Gasteiger partial charge in [-0.1, -0.05) is 30.3 Å². The number of urea groups is 1. The molecule has 0 radical (unpaired) electrons. The molecule has 0 aliphatic heterocycles. The molecule has 0 spiro atoms. The molecule has 30 heavy (non-hydrogen) atoms. The van der Waals surface area contributed by atoms with Gasteiger partial charge < -0.3 is 20.4 Å². The van der Waals surface area contributed by atoms with Crippen molar-refractivity contribution in [3.05, 3.63) is 96.4 Å². The maximum Gasteiger partial charge on any atom is 0.323 e. The molecule has 0 bridgehead atoms. The highest BCUT2D eigenvalue weighted by atomic mass is 16.2. The molecule has 0 fully saturated rings. The van der Waals surface area contributed by atoms with Crippen molar-refractivity contribution < 1.29 is 9.59 Å². The number of carbonyl (C=O) groups is 2. The van der Waals surface area contributed by atoms with Gasteiger partial charge in [-0.15, -0.1) is 0 Å². The minimum atomic E-state index is -0.366. The van der Waals surface area contributed by atoms with Crippen LogP contribution in [0.15, 0.2) is 85.3 Å². The topological polar surface area (TPSA) is 87.5 Å². The number of benzene rings is 2. The molecule has 4 aromatic rings. The lowest BCUT2D eigenvalue weighted by molar-refractivity contribution is 0.0954. The molecule has 2 aromatic carbocycles. The summed E-state index contributed by atoms with van der Waals surface area (Å²) in [6.07, 6.45) is 6.06. The number of hydrogen-bond donors (Lipinski definition) is 3. The Morgan fingerprint density at radius 2 is 1.60 bits per heavy atom. The van der Waals surface area contributed by atoms with Crippen molar-refractivity contribution in [1.82, 2.24) is 14.7 Å². The average Bonchev–Trinajstić information content (AvgIpc) is 3.23. The number of amides is 3. The van der Waals surface area contributed by atoms with Gasteiger partial charge in [-0.2, -0.15) is 0 Å². The summed E-state index contributed by atoms with van der Waals surface area (Å²) in [4.78, 5) is 28.7. The Hall–Kier alpha value is -4.13. The van der Waals surface area contributed by atoms with Gasteiger partial charge in [-0.3, -0.25) is 4.79 Å². The Morgan fingerprint density at radius 1 is 0.867 bits per heavy atom. The van der Waals surface area contributed by atoms with Gasteiger partial charge in [0.1, 0.15) is 5.65 Å². The summed E-state index contributed by atoms with van der Waals surface area (Å²) in [5.41, 5.74) is 3.76. The molecule has 150 valence electrons. The first-order valence-electron chi connectivity index (χ1n) is 9.60. The lowest BCUT2D eigenvalue weighted by Gasteiger charge is -2.09. The van der Waals surface area contributed by atoms with Crippen LogP contribution in [-0.4, -0.2) is 27.9 Å². The standard InChI is InChI=1S/C23H21N5O2/c29-22(25-13-12-17-4-2-1-3-5-17)18-6-8-19(9-7-18)26-23(30)27-20-10-11-21-24-14-15-28(21)16-20/h1-11,14-16H,12-13H2,(H,25,29)(H2,26,27,30). The van der Waals surface area contributed by atoms with Gasteiger partial charge in [0.15, 0.2) is 0 Å². The Labute approximate surface area is 173 Å². The van der Waals surface area contributed by atoms with Crippen LogP contribution in [0, 0.1) is 0 Å². The summed E-state index contributed by atoms with van der Waals surface area (Å²) >= 11 is 0. The zero-order valence-electron chi connectivity index (χ0n) is 16.2. The van der Waals surface area contributed by atoms with E-state index in [-0.39, 0.29) is 11.9 Å². The summed E-state index contributed by atoms with van der Waals surface area (Å²) < 4.78 is 1.82. The first-order valence-corrected chi connectivity index (χ1v) is 9.60. The van der Waals surface area contributed by atoms with Crippen LogP contribution in [0.5, 0.6) is 0 Å². The van der Waals surface area contributed by atoms with Gasteiger partial charge in [-0.05, 0) is 48.4 Å². The first kappa shape index (κ1) is 19.2. The van der Waals surface area contributed by atoms with Crippen molar-refractivity contribution in [2.24, 2.45) is 0 Å². The van der Waals surface area contributed by atoms with Crippen LogP contribution in [0.25, 0.3) is 5.65 Å². The van der Waals surface area contributed by atoms with Gasteiger partial charge in [0, 0.05) is 36.4 Å². The fraction of sp³-hybridized carbons (Fsp3) is 0.0870. The Balaban J connectivity index is 1.28. The van der Waals surface area contributed by atoms with E-state index in [2.05, 4.69) is 20.9 Å². The largest absolute Gasteiger partial charge is 0.352 e. The fourth-order valence-corrected chi connectivity index (χ4v) is 3.06. The Kier molecular flexibility index (Phi) is 5.70. The average molecular weight is 399 g/mol. The van der Waals surface area contributed by atoms with E-state index >= 15 is 0 Å². The van der Waals surface area contributed by atoms with Crippen LogP contribution in [0.2, 0.25) is 0 Å². The van der Waals surface area contributed by atoms with Gasteiger partial charge in [-0.25, -0.2) is 9.78 Å². The predicted molar refractivity (Wildman–Crippen MR) is 117 cm³/mol. The van der Waals surface area contributed by atoms with E-state index in [1.165, 1.54) is 5.56 Å². The van der Waals surface area contributed by atoms with Crippen LogP contribution in [0.1, 0.15) is 15.9 Å². The minimum Gasteiger partial charge on any atom is -0.352 e. The maximum absolute atomic E-state index is 12.3. The second-order valence-corrected chi connectivity index (χ2v) is 6.76. The molecule has 4 rings (SSSR count). The second kappa shape index (κ2) is 8.91. The molecule has 7 heteroatoms. The number of carbonyl (C=O) groups excluding carboxylic acids is 2. The highest BCUT2D eigenvalue weighted by Crippen LogP contribution is 2.13. The third-order valence-corrected chi connectivity index (χ3v) is 4.59. The van der Waals surface area contributed by atoms with Gasteiger partial charge in [0.2, 0.25) is 0 Å². The molecule has 3 N–H and O–H groups in total. The molecule has 0 aliphatic carbocycles. The smallest absolute Gasteiger partial charge is 0.323 e. The lowest BCUT2D eigenvalue weighted by Crippen LogP contribution is -2.25. The predicted octanol–water partition coefficient (Wildman–Crippen LogP) is 3.95. The SMILES string of the molecule is O=C(Nc1ccc(C(=O)NCCc2ccccc2)cc1)Nc1ccc2nccn2c1. The van der Waals surface area contributed by atoms with E-state index in [1.807, 2.05) is 47.0 Å². The molecule has 7 nitrogen and oxygen atoms in total. The van der Waals surface area contributed by atoms with Crippen LogP contribution in [-0.2, 0) is 6.42 Å². The summed E-state index contributed by atoms with van der Waals surface area (Å²) in [5, 5.41) is 8.44. The van der Waals surface area contributed by atoms with E-state index < -0.39 is 0 Å². The molecule has 2 aromatic heterocycles. The zero-order valence-corrected chi connectivity index (χ0v) is 16.2. The summed E-state index contributed by atoms with van der Waals surface area (Å²) in [6, 6.07) is 20.0. The van der Waals surface area contributed by atoms with Crippen LogP contribution >= 0.6 is 0 Å². The van der Waals surface area contributed by atoms with E-state index in [4.69, 9.17) is 0 Å². The Bertz CT molecular complexity index is 1150. The molecule has 0 atom stereocenters. The molecular formula is C23H21N5O2. The van der Waals surface area contributed by atoms with Crippen molar-refractivity contribution in [2.45, 2.75) is 6.42 Å². The van der Waals surface area contributed by atoms with E-state index in [9.17, 15) is 9.59 Å². The Morgan fingerprint density at radius 3 is 2.40 bits per heavy atom. The number of hydrogen-bond acceptors (Lipinski definition) is 3. The molecule has 3 amide bonds. The second-order valence-electron chi connectivity index (χ2n) is 6.76. The first-order chi connectivity index (χ1) is 14.7. The van der Waals surface area contributed by atoms with Gasteiger partial charge in [0.25, 0.3) is 5.91 Å². The van der Waals surface area contributed by atoms with Crippen molar-refractivity contribution in [3.63, 3.8) is 0 Å². The van der Waals surface area contributed by atoms with Gasteiger partial charge >= 0.3 is 6.03 Å². The maximum atomic E-state index is 12.3. The molecular weight excluding hydrogens is 378 g/mol. The summed E-state index contributed by atoms with van der Waals surface area (Å²) in [5.74, 6) is -0.143. The molecule has 0 aliphatic rings. The summed E-state index contributed by atoms with van der Waals surface area (Å²) in [6.45, 7) is 0.562. The van der Waals surface area contributed by atoms with E-state index in [0.717, 1.165) is 12.1 Å². The number of fused-ring (bicyclic) bond motifs is 1. The molecule has 0 saturated heterocycles. The molecule has 0 saturated carbocycles. The van der Waals surface area contributed by atoms with Crippen molar-refractivity contribution in [2.75, 3.05) is 17.2 Å². The van der Waals surface area contributed by atoms with Crippen molar-refractivity contribution in [1.29, 1.82) is 0 Å². The van der Waals surface area contributed by atoms with E-state index in [0.29, 0.717) is 23.5 Å². The molecule has 0 unspecified atom stereocenters. The number of nitrogens with zero attached hydrogens (tertiary/aromatic N) is 2. The number of pyridine rings is 1. The molecule has 2 heterocycles. The summed E-state index contributed by atoms with van der Waals surface area (Å²) in [7, 11) is 0. The third kappa shape index (κ3) is 4.82. The van der Waals surface area contributed by atoms with Crippen LogP contribution in [0.4, 0.5) is 16.2 Å². The number of nitrogens with one attached hydrogen (secondary N) is 3. The highest BCUT2D eigenvalue weighted by Gasteiger charge is 2.07. The lowest BCUT2D eigenvalue weighted by atomic mass is 10.1. The number of rotatable bonds is 6. The highest BCUT2D eigenvalue weighted by molar-refractivity contribution is 6.00. The zero-order chi connectivity index (χ0) is 20.8. The quantitative estimate of drug-likeness (QED) is 0.459. The normalized spacial score (nSPS) is 10.5. The minimum absolute atomic E-state index is 0.143. The fourth-order valence-electron chi connectivity index (χ4n) is 3.06. The van der Waals surface area contributed by atoms with Crippen LogP contribution in [0.3, 0.4) is 0 Å². The van der Waals surface area contributed by atoms with Gasteiger partial charge in [0.05, 0.1) is 5.69 Å². The van der Waals surface area contributed by atoms with Crippen molar-refractivity contribution >= 4 is 29.0 Å².